The van der Waals surface area contributed by atoms with Gasteiger partial charge in [0, 0.05) is 24.2 Å². The molecular weight excluding hydrogens is 460 g/mol. The average Bonchev–Trinajstić information content (AvgIpc) is 3.32. The zero-order valence-electron chi connectivity index (χ0n) is 16.4. The molecule has 0 spiro atoms. The molecule has 0 atom stereocenters. The molecule has 2 saturated heterocycles. The van der Waals surface area contributed by atoms with Gasteiger partial charge >= 0.3 is 0 Å². The lowest BCUT2D eigenvalue weighted by Gasteiger charge is -2.29. The molecule has 9 N–H and O–H groups in total. The number of para-hydroxylation sites is 1. The molecule has 1 aromatic heterocycles. The summed E-state index contributed by atoms with van der Waals surface area (Å²) in [6.07, 6.45) is -0.854. The highest BCUT2D eigenvalue weighted by Gasteiger charge is 2.39. The van der Waals surface area contributed by atoms with Crippen LogP contribution < -0.4 is 38.1 Å². The van der Waals surface area contributed by atoms with E-state index in [1.165, 1.54) is 12.1 Å². The van der Waals surface area contributed by atoms with Crippen molar-refractivity contribution in [2.75, 3.05) is 18.8 Å². The summed E-state index contributed by atoms with van der Waals surface area (Å²) in [5, 5.41) is 7.73. The Balaban J connectivity index is 1.86. The number of benzene rings is 2. The lowest BCUT2D eigenvalue weighted by Crippen LogP contribution is -2.51. The van der Waals surface area contributed by atoms with Crippen LogP contribution in [0.2, 0.25) is 0 Å². The van der Waals surface area contributed by atoms with Gasteiger partial charge in [-0.25, -0.2) is 32.8 Å². The van der Waals surface area contributed by atoms with Gasteiger partial charge in [0.05, 0.1) is 10.1 Å². The van der Waals surface area contributed by atoms with Gasteiger partial charge in [-0.15, -0.1) is 0 Å². The van der Waals surface area contributed by atoms with Gasteiger partial charge in [-0.2, -0.15) is 16.1 Å². The van der Waals surface area contributed by atoms with E-state index in [2.05, 4.69) is 32.2 Å². The van der Waals surface area contributed by atoms with Gasteiger partial charge in [0.15, 0.2) is 15.4 Å². The molecule has 5 rings (SSSR count). The molecule has 32 heavy (non-hydrogen) atoms. The molecule has 170 valence electrons. The molecule has 0 amide bonds. The number of nitrogen functional groups attached to an aromatic ring is 1. The Hall–Kier alpha value is -2.63. The summed E-state index contributed by atoms with van der Waals surface area (Å²) in [7, 11) is -8.46. The molecule has 0 radical (unpaired) electrons. The zero-order chi connectivity index (χ0) is 22.7. The topological polar surface area (TPSA) is 206 Å². The van der Waals surface area contributed by atoms with Crippen molar-refractivity contribution in [2.45, 2.75) is 21.2 Å². The molecular formula is C17H20N8O5S2. The largest absolute Gasteiger partial charge is 0.424 e. The van der Waals surface area contributed by atoms with Gasteiger partial charge in [0.25, 0.3) is 6.01 Å². The number of nitrogens with zero attached hydrogens (tertiary/aromatic N) is 1. The number of sulfone groups is 1. The van der Waals surface area contributed by atoms with Crippen LogP contribution in [0.5, 0.6) is 0 Å². The van der Waals surface area contributed by atoms with Crippen LogP contribution in [-0.2, 0) is 19.9 Å². The first kappa shape index (κ1) is 21.2. The van der Waals surface area contributed by atoms with E-state index in [1.54, 1.807) is 18.2 Å². The van der Waals surface area contributed by atoms with Crippen molar-refractivity contribution in [3.8, 4) is 11.1 Å². The Kier molecular flexibility index (Phi) is 4.95. The Bertz CT molecular complexity index is 1430. The third kappa shape index (κ3) is 3.35. The number of hydrogen-bond donors (Lipinski definition) is 7. The second kappa shape index (κ2) is 7.46. The van der Waals surface area contributed by atoms with Crippen LogP contribution in [0.3, 0.4) is 0 Å². The van der Waals surface area contributed by atoms with Gasteiger partial charge in [0.2, 0.25) is 10.0 Å². The quantitative estimate of drug-likeness (QED) is 0.225. The molecule has 13 nitrogen and oxygen atoms in total. The summed E-state index contributed by atoms with van der Waals surface area (Å²) in [5.41, 5.74) is 18.3. The number of nitrogens with one attached hydrogen (secondary N) is 5. The number of aromatic nitrogens is 1. The monoisotopic (exact) mass is 480 g/mol. The Morgan fingerprint density at radius 1 is 1.00 bits per heavy atom. The second-order valence-electron chi connectivity index (χ2n) is 7.40. The fourth-order valence-corrected chi connectivity index (χ4v) is 7.10. The van der Waals surface area contributed by atoms with Crippen LogP contribution in [0.1, 0.15) is 11.7 Å². The molecule has 2 aliphatic rings. The smallest absolute Gasteiger partial charge is 0.293 e. The minimum absolute atomic E-state index is 0.0576. The fraction of sp³-hybridized carbons (Fsp3) is 0.235. The summed E-state index contributed by atoms with van der Waals surface area (Å²) in [4.78, 5) is 3.35. The molecule has 0 saturated carbocycles. The molecule has 2 aromatic carbocycles. The number of oxazole rings is 1. The first-order chi connectivity index (χ1) is 15.2. The maximum Gasteiger partial charge on any atom is 0.293 e. The first-order valence-corrected chi connectivity index (χ1v) is 12.6. The lowest BCUT2D eigenvalue weighted by molar-refractivity contribution is 0.491. The van der Waals surface area contributed by atoms with Gasteiger partial charge in [-0.3, -0.25) is 0 Å². The van der Waals surface area contributed by atoms with Crippen LogP contribution >= 0.6 is 0 Å². The van der Waals surface area contributed by atoms with Gasteiger partial charge < -0.3 is 15.5 Å². The van der Waals surface area contributed by atoms with Crippen molar-refractivity contribution in [2.24, 2.45) is 5.14 Å². The van der Waals surface area contributed by atoms with Gasteiger partial charge in [-0.1, -0.05) is 18.2 Å². The molecule has 0 unspecified atom stereocenters. The Morgan fingerprint density at radius 2 is 1.72 bits per heavy atom. The maximum atomic E-state index is 13.2. The standard InChI is InChI=1S/C17H20N8O5S2/c18-17-21-14-10(2-1-3-11(14)30-17)9-4-5-12(31(26,27)8-6-20-7-8)15(32(19,28)29)13(9)16-22-24-25-23-16/h1-5,8,16,20,22-25H,6-7H2,(H2,18,21)(H2,19,28,29). The van der Waals surface area contributed by atoms with E-state index in [4.69, 9.17) is 15.3 Å². The highest BCUT2D eigenvalue weighted by molar-refractivity contribution is 7.94. The molecule has 0 aliphatic carbocycles. The summed E-state index contributed by atoms with van der Waals surface area (Å²) in [6.45, 7) is 0.452. The number of hydrazine groups is 3. The summed E-state index contributed by atoms with van der Waals surface area (Å²) >= 11 is 0. The van der Waals surface area contributed by atoms with E-state index in [0.717, 1.165) is 0 Å². The number of hydrogen-bond acceptors (Lipinski definition) is 12. The number of sulfonamides is 1. The van der Waals surface area contributed by atoms with Gasteiger partial charge in [0.1, 0.15) is 16.6 Å². The van der Waals surface area contributed by atoms with Crippen molar-refractivity contribution in [1.82, 2.24) is 32.2 Å². The van der Waals surface area contributed by atoms with E-state index in [9.17, 15) is 16.8 Å². The average molecular weight is 481 g/mol. The van der Waals surface area contributed by atoms with E-state index in [1.807, 2.05) is 0 Å². The third-order valence-electron chi connectivity index (χ3n) is 5.44. The van der Waals surface area contributed by atoms with Crippen LogP contribution in [0.4, 0.5) is 6.01 Å². The van der Waals surface area contributed by atoms with E-state index >= 15 is 0 Å². The van der Waals surface area contributed by atoms with Crippen LogP contribution in [0.15, 0.2) is 44.5 Å². The molecule has 15 heteroatoms. The lowest BCUT2D eigenvalue weighted by atomic mass is 9.97. The molecule has 0 bridgehead atoms. The number of rotatable bonds is 5. The van der Waals surface area contributed by atoms with E-state index in [-0.39, 0.29) is 29.6 Å². The SMILES string of the molecule is Nc1nc2c(-c3ccc(S(=O)(=O)C4CNC4)c(S(N)(=O)=O)c3C3NNNN3)cccc2o1. The second-order valence-corrected chi connectivity index (χ2v) is 11.1. The third-order valence-corrected chi connectivity index (χ3v) is 8.75. The summed E-state index contributed by atoms with van der Waals surface area (Å²) in [5.74, 6) is 0. The Labute approximate surface area is 182 Å². The van der Waals surface area contributed by atoms with E-state index < -0.39 is 36.2 Å². The summed E-state index contributed by atoms with van der Waals surface area (Å²) < 4.78 is 57.5. The molecule has 2 aliphatic heterocycles. The highest BCUT2D eigenvalue weighted by atomic mass is 32.2. The maximum absolute atomic E-state index is 13.2. The van der Waals surface area contributed by atoms with Crippen molar-refractivity contribution in [3.63, 3.8) is 0 Å². The predicted octanol–water partition coefficient (Wildman–Crippen LogP) is -1.41. The minimum atomic E-state index is -4.48. The van der Waals surface area contributed by atoms with Crippen molar-refractivity contribution in [3.05, 3.63) is 35.9 Å². The Morgan fingerprint density at radius 3 is 2.34 bits per heavy atom. The van der Waals surface area contributed by atoms with Crippen molar-refractivity contribution in [1.29, 1.82) is 0 Å². The van der Waals surface area contributed by atoms with Crippen LogP contribution in [0.25, 0.3) is 22.2 Å². The molecule has 3 heterocycles. The normalized spacial score (nSPS) is 18.3. The minimum Gasteiger partial charge on any atom is -0.424 e. The number of anilines is 1. The van der Waals surface area contributed by atoms with Gasteiger partial charge in [-0.05, 0) is 17.7 Å². The number of nitrogens with two attached hydrogens (primary N) is 2. The number of primary sulfonamides is 1. The zero-order valence-corrected chi connectivity index (χ0v) is 18.0. The van der Waals surface area contributed by atoms with Crippen LogP contribution in [-0.4, -0.2) is 40.2 Å². The number of fused-ring (bicyclic) bond motifs is 1. The van der Waals surface area contributed by atoms with Crippen molar-refractivity contribution < 1.29 is 21.3 Å². The molecule has 2 fully saturated rings. The predicted molar refractivity (Wildman–Crippen MR) is 114 cm³/mol. The fourth-order valence-electron chi connectivity index (χ4n) is 3.86. The summed E-state index contributed by atoms with van der Waals surface area (Å²) in [6, 6.07) is 7.81. The highest BCUT2D eigenvalue weighted by Crippen LogP contribution is 2.40. The molecule has 3 aromatic rings. The first-order valence-electron chi connectivity index (χ1n) is 9.48. The van der Waals surface area contributed by atoms with Crippen molar-refractivity contribution >= 4 is 37.0 Å². The van der Waals surface area contributed by atoms with Crippen LogP contribution in [0, 0.1) is 0 Å². The van der Waals surface area contributed by atoms with E-state index in [0.29, 0.717) is 22.2 Å².